The lowest BCUT2D eigenvalue weighted by Crippen LogP contribution is -2.49. The number of piperazine rings is 1. The monoisotopic (exact) mass is 396 g/mol. The van der Waals surface area contributed by atoms with Gasteiger partial charge in [0.1, 0.15) is 18.0 Å². The van der Waals surface area contributed by atoms with Crippen LogP contribution in [-0.4, -0.2) is 54.2 Å². The SMILES string of the molecule is COc1ccc(-c2noc(CC(=O)N3CCN(c4ccccc4F)CC3)n2)cc1. The summed E-state index contributed by atoms with van der Waals surface area (Å²) in [6.45, 7) is 2.19. The number of aromatic nitrogens is 2. The third kappa shape index (κ3) is 4.21. The molecule has 1 aliphatic rings. The lowest BCUT2D eigenvalue weighted by atomic mass is 10.2. The fraction of sp³-hybridized carbons (Fsp3) is 0.286. The molecule has 2 heterocycles. The van der Waals surface area contributed by atoms with Gasteiger partial charge in [-0.2, -0.15) is 4.98 Å². The minimum atomic E-state index is -0.246. The van der Waals surface area contributed by atoms with Crippen LogP contribution in [0.15, 0.2) is 53.1 Å². The first-order valence-corrected chi connectivity index (χ1v) is 9.38. The van der Waals surface area contributed by atoms with E-state index < -0.39 is 0 Å². The summed E-state index contributed by atoms with van der Waals surface area (Å²) < 4.78 is 24.3. The Kier molecular flexibility index (Phi) is 5.41. The number of para-hydroxylation sites is 1. The fourth-order valence-corrected chi connectivity index (χ4v) is 3.33. The molecule has 0 aliphatic carbocycles. The first-order chi connectivity index (χ1) is 14.1. The van der Waals surface area contributed by atoms with Gasteiger partial charge in [0.05, 0.1) is 12.8 Å². The van der Waals surface area contributed by atoms with Crippen molar-refractivity contribution in [1.82, 2.24) is 15.0 Å². The van der Waals surface area contributed by atoms with Gasteiger partial charge in [0.15, 0.2) is 0 Å². The molecule has 7 nitrogen and oxygen atoms in total. The maximum atomic E-state index is 13.9. The van der Waals surface area contributed by atoms with Crippen molar-refractivity contribution in [3.63, 3.8) is 0 Å². The molecule has 1 amide bonds. The van der Waals surface area contributed by atoms with Crippen LogP contribution in [0.5, 0.6) is 5.75 Å². The number of amides is 1. The smallest absolute Gasteiger partial charge is 0.236 e. The molecule has 29 heavy (non-hydrogen) atoms. The highest BCUT2D eigenvalue weighted by atomic mass is 19.1. The first-order valence-electron chi connectivity index (χ1n) is 9.38. The second-order valence-electron chi connectivity index (χ2n) is 6.74. The van der Waals surface area contributed by atoms with Gasteiger partial charge in [0, 0.05) is 31.7 Å². The molecule has 8 heteroatoms. The molecule has 1 fully saturated rings. The molecule has 0 bridgehead atoms. The van der Waals surface area contributed by atoms with E-state index in [1.165, 1.54) is 6.07 Å². The van der Waals surface area contributed by atoms with Crippen molar-refractivity contribution in [2.24, 2.45) is 0 Å². The summed E-state index contributed by atoms with van der Waals surface area (Å²) in [6, 6.07) is 14.0. The minimum Gasteiger partial charge on any atom is -0.497 e. The Bertz CT molecular complexity index is 982. The van der Waals surface area contributed by atoms with Gasteiger partial charge in [-0.3, -0.25) is 4.79 Å². The Labute approximate surface area is 167 Å². The lowest BCUT2D eigenvalue weighted by Gasteiger charge is -2.36. The number of ether oxygens (including phenoxy) is 1. The van der Waals surface area contributed by atoms with Crippen molar-refractivity contribution in [3.8, 4) is 17.1 Å². The number of halogens is 1. The highest BCUT2D eigenvalue weighted by molar-refractivity contribution is 5.78. The van der Waals surface area contributed by atoms with Crippen LogP contribution in [0.2, 0.25) is 0 Å². The van der Waals surface area contributed by atoms with Gasteiger partial charge in [0.25, 0.3) is 0 Å². The van der Waals surface area contributed by atoms with E-state index in [1.807, 2.05) is 35.2 Å². The zero-order valence-electron chi connectivity index (χ0n) is 16.0. The summed E-state index contributed by atoms with van der Waals surface area (Å²) in [5.74, 6) is 1.12. The number of rotatable bonds is 5. The standard InChI is InChI=1S/C21H21FN4O3/c1-28-16-8-6-15(7-9-16)21-23-19(29-24-21)14-20(27)26-12-10-25(11-13-26)18-5-3-2-4-17(18)22/h2-9H,10-14H2,1H3. The van der Waals surface area contributed by atoms with E-state index in [9.17, 15) is 9.18 Å². The van der Waals surface area contributed by atoms with Gasteiger partial charge < -0.3 is 19.1 Å². The van der Waals surface area contributed by atoms with Crippen molar-refractivity contribution in [2.75, 3.05) is 38.2 Å². The molecule has 4 rings (SSSR count). The molecule has 0 unspecified atom stereocenters. The summed E-state index contributed by atoms with van der Waals surface area (Å²) >= 11 is 0. The van der Waals surface area contributed by atoms with Crippen LogP contribution in [0, 0.1) is 5.82 Å². The molecular weight excluding hydrogens is 375 g/mol. The number of methoxy groups -OCH3 is 1. The molecule has 0 radical (unpaired) electrons. The summed E-state index contributed by atoms with van der Waals surface area (Å²) in [4.78, 5) is 20.6. The Morgan fingerprint density at radius 1 is 1.10 bits per heavy atom. The van der Waals surface area contributed by atoms with Crippen molar-refractivity contribution >= 4 is 11.6 Å². The van der Waals surface area contributed by atoms with Gasteiger partial charge in [-0.25, -0.2) is 4.39 Å². The minimum absolute atomic E-state index is 0.0445. The average Bonchev–Trinajstić information content (AvgIpc) is 3.23. The summed E-state index contributed by atoms with van der Waals surface area (Å²) in [5.41, 5.74) is 1.35. The second kappa shape index (κ2) is 8.30. The van der Waals surface area contributed by atoms with E-state index in [0.29, 0.717) is 37.7 Å². The van der Waals surface area contributed by atoms with Crippen molar-refractivity contribution in [2.45, 2.75) is 6.42 Å². The van der Waals surface area contributed by atoms with Gasteiger partial charge in [-0.1, -0.05) is 17.3 Å². The third-order valence-electron chi connectivity index (χ3n) is 4.94. The van der Waals surface area contributed by atoms with E-state index in [4.69, 9.17) is 9.26 Å². The largest absolute Gasteiger partial charge is 0.497 e. The van der Waals surface area contributed by atoms with Crippen molar-refractivity contribution in [1.29, 1.82) is 0 Å². The fourth-order valence-electron chi connectivity index (χ4n) is 3.33. The summed E-state index contributed by atoms with van der Waals surface area (Å²) in [7, 11) is 1.60. The lowest BCUT2D eigenvalue weighted by molar-refractivity contribution is -0.131. The van der Waals surface area contributed by atoms with Crippen LogP contribution in [0.3, 0.4) is 0 Å². The Hall–Kier alpha value is -3.42. The van der Waals surface area contributed by atoms with Gasteiger partial charge in [0.2, 0.25) is 17.6 Å². The molecule has 150 valence electrons. The number of hydrogen-bond donors (Lipinski definition) is 0. The normalized spacial score (nSPS) is 14.1. The summed E-state index contributed by atoms with van der Waals surface area (Å²) in [6.07, 6.45) is 0.0445. The molecule has 1 saturated heterocycles. The molecule has 0 spiro atoms. The van der Waals surface area contributed by atoms with Crippen molar-refractivity contribution in [3.05, 3.63) is 60.2 Å². The second-order valence-corrected chi connectivity index (χ2v) is 6.74. The molecule has 0 saturated carbocycles. The average molecular weight is 396 g/mol. The van der Waals surface area contributed by atoms with Crippen LogP contribution in [-0.2, 0) is 11.2 Å². The molecular formula is C21H21FN4O3. The third-order valence-corrected chi connectivity index (χ3v) is 4.94. The first kappa shape index (κ1) is 18.9. The van der Waals surface area contributed by atoms with Crippen LogP contribution in [0.1, 0.15) is 5.89 Å². The molecule has 1 aliphatic heterocycles. The van der Waals surface area contributed by atoms with E-state index in [0.717, 1.165) is 11.3 Å². The van der Waals surface area contributed by atoms with E-state index in [1.54, 1.807) is 24.1 Å². The van der Waals surface area contributed by atoms with Gasteiger partial charge in [-0.15, -0.1) is 0 Å². The highest BCUT2D eigenvalue weighted by Crippen LogP contribution is 2.22. The van der Waals surface area contributed by atoms with Crippen LogP contribution < -0.4 is 9.64 Å². The zero-order valence-corrected chi connectivity index (χ0v) is 16.0. The molecule has 1 aromatic heterocycles. The van der Waals surface area contributed by atoms with E-state index >= 15 is 0 Å². The molecule has 0 N–H and O–H groups in total. The maximum absolute atomic E-state index is 13.9. The predicted octanol–water partition coefficient (Wildman–Crippen LogP) is 2.78. The summed E-state index contributed by atoms with van der Waals surface area (Å²) in [5, 5.41) is 3.95. The van der Waals surface area contributed by atoms with Crippen LogP contribution in [0.4, 0.5) is 10.1 Å². The quantitative estimate of drug-likeness (QED) is 0.660. The van der Waals surface area contributed by atoms with E-state index in [2.05, 4.69) is 10.1 Å². The van der Waals surface area contributed by atoms with Crippen LogP contribution >= 0.6 is 0 Å². The van der Waals surface area contributed by atoms with Crippen LogP contribution in [0.25, 0.3) is 11.4 Å². The number of nitrogens with zero attached hydrogens (tertiary/aromatic N) is 4. The number of carbonyl (C=O) groups excluding carboxylic acids is 1. The van der Waals surface area contributed by atoms with Crippen molar-refractivity contribution < 1.29 is 18.4 Å². The van der Waals surface area contributed by atoms with Gasteiger partial charge in [-0.05, 0) is 36.4 Å². The number of hydrogen-bond acceptors (Lipinski definition) is 6. The molecule has 2 aromatic carbocycles. The Morgan fingerprint density at radius 2 is 1.83 bits per heavy atom. The molecule has 0 atom stereocenters. The topological polar surface area (TPSA) is 71.7 Å². The molecule has 3 aromatic rings. The number of carbonyl (C=O) groups is 1. The maximum Gasteiger partial charge on any atom is 0.236 e. The number of benzene rings is 2. The zero-order chi connectivity index (χ0) is 20.2. The van der Waals surface area contributed by atoms with Gasteiger partial charge >= 0.3 is 0 Å². The highest BCUT2D eigenvalue weighted by Gasteiger charge is 2.24. The predicted molar refractivity (Wildman–Crippen MR) is 105 cm³/mol. The Balaban J connectivity index is 1.34. The number of anilines is 1. The van der Waals surface area contributed by atoms with E-state index in [-0.39, 0.29) is 24.0 Å². The Morgan fingerprint density at radius 3 is 2.52 bits per heavy atom.